The number of hydrogen-bond acceptors (Lipinski definition) is 6. The standard InChI is InChI=1S/C19H17N5S2/c1-14-7-9-16(10-8-14)18-20-17(12-25-18)13-26-19-21-22-23-24(19)11-15-5-3-2-4-6-15/h2-10,12H,11,13H2,1H3. The van der Waals surface area contributed by atoms with E-state index < -0.39 is 0 Å². The molecule has 2 heterocycles. The molecule has 2 aromatic carbocycles. The zero-order valence-corrected chi connectivity index (χ0v) is 15.9. The summed E-state index contributed by atoms with van der Waals surface area (Å²) in [6, 6.07) is 18.7. The van der Waals surface area contributed by atoms with Crippen molar-refractivity contribution < 1.29 is 0 Å². The minimum absolute atomic E-state index is 0.669. The molecule has 4 aromatic rings. The fourth-order valence-corrected chi connectivity index (χ4v) is 4.20. The summed E-state index contributed by atoms with van der Waals surface area (Å²) in [5.41, 5.74) is 4.64. The summed E-state index contributed by atoms with van der Waals surface area (Å²) in [6.45, 7) is 2.76. The highest BCUT2D eigenvalue weighted by Crippen LogP contribution is 2.27. The molecule has 0 amide bonds. The predicted octanol–water partition coefficient (Wildman–Crippen LogP) is 4.45. The summed E-state index contributed by atoms with van der Waals surface area (Å²) < 4.78 is 1.83. The largest absolute Gasteiger partial charge is 0.240 e. The summed E-state index contributed by atoms with van der Waals surface area (Å²) in [6.07, 6.45) is 0. The molecule has 0 atom stereocenters. The van der Waals surface area contributed by atoms with Crippen LogP contribution in [0, 0.1) is 6.92 Å². The van der Waals surface area contributed by atoms with E-state index in [1.165, 1.54) is 11.1 Å². The number of thiazole rings is 1. The topological polar surface area (TPSA) is 56.5 Å². The number of aromatic nitrogens is 5. The van der Waals surface area contributed by atoms with Crippen LogP contribution in [0.4, 0.5) is 0 Å². The number of benzene rings is 2. The first kappa shape index (κ1) is 16.9. The fraction of sp³-hybridized carbons (Fsp3) is 0.158. The Kier molecular flexibility index (Phi) is 5.08. The molecular formula is C19H17N5S2. The van der Waals surface area contributed by atoms with Crippen molar-refractivity contribution in [3.05, 3.63) is 76.8 Å². The van der Waals surface area contributed by atoms with E-state index in [0.717, 1.165) is 27.2 Å². The van der Waals surface area contributed by atoms with Gasteiger partial charge < -0.3 is 0 Å². The predicted molar refractivity (Wildman–Crippen MR) is 105 cm³/mol. The molecule has 0 unspecified atom stereocenters. The van der Waals surface area contributed by atoms with E-state index in [1.807, 2.05) is 22.9 Å². The highest BCUT2D eigenvalue weighted by molar-refractivity contribution is 7.98. The van der Waals surface area contributed by atoms with Gasteiger partial charge in [0.25, 0.3) is 0 Å². The second kappa shape index (κ2) is 7.80. The Labute approximate surface area is 160 Å². The normalized spacial score (nSPS) is 11.0. The number of tetrazole rings is 1. The van der Waals surface area contributed by atoms with E-state index in [0.29, 0.717) is 6.54 Å². The Balaban J connectivity index is 1.42. The van der Waals surface area contributed by atoms with Crippen LogP contribution < -0.4 is 0 Å². The summed E-state index contributed by atoms with van der Waals surface area (Å²) in [4.78, 5) is 4.74. The molecule has 2 aromatic heterocycles. The maximum absolute atomic E-state index is 4.74. The molecule has 4 rings (SSSR count). The molecule has 0 saturated heterocycles. The fourth-order valence-electron chi connectivity index (χ4n) is 2.50. The molecule has 0 aliphatic carbocycles. The minimum atomic E-state index is 0.669. The number of aryl methyl sites for hydroxylation is 1. The van der Waals surface area contributed by atoms with Crippen LogP contribution in [0.15, 0.2) is 65.1 Å². The molecule has 5 nitrogen and oxygen atoms in total. The lowest BCUT2D eigenvalue weighted by Crippen LogP contribution is -2.03. The van der Waals surface area contributed by atoms with Crippen molar-refractivity contribution >= 4 is 23.1 Å². The molecule has 7 heteroatoms. The molecule has 0 spiro atoms. The molecule has 26 heavy (non-hydrogen) atoms. The van der Waals surface area contributed by atoms with Gasteiger partial charge >= 0.3 is 0 Å². The van der Waals surface area contributed by atoms with Crippen LogP contribution in [0.3, 0.4) is 0 Å². The van der Waals surface area contributed by atoms with Crippen LogP contribution in [0.25, 0.3) is 10.6 Å². The maximum Gasteiger partial charge on any atom is 0.210 e. The third-order valence-electron chi connectivity index (χ3n) is 3.87. The summed E-state index contributed by atoms with van der Waals surface area (Å²) in [5, 5.41) is 16.0. The van der Waals surface area contributed by atoms with Crippen molar-refractivity contribution in [1.29, 1.82) is 0 Å². The monoisotopic (exact) mass is 379 g/mol. The van der Waals surface area contributed by atoms with Crippen molar-refractivity contribution in [3.63, 3.8) is 0 Å². The molecule has 130 valence electrons. The number of hydrogen-bond donors (Lipinski definition) is 0. The van der Waals surface area contributed by atoms with Crippen molar-refractivity contribution in [1.82, 2.24) is 25.2 Å². The van der Waals surface area contributed by atoms with Crippen LogP contribution in [0.1, 0.15) is 16.8 Å². The average molecular weight is 380 g/mol. The molecule has 0 aliphatic rings. The smallest absolute Gasteiger partial charge is 0.210 e. The quantitative estimate of drug-likeness (QED) is 0.463. The van der Waals surface area contributed by atoms with Gasteiger partial charge in [-0.15, -0.1) is 16.4 Å². The first-order chi connectivity index (χ1) is 12.8. The second-order valence-electron chi connectivity index (χ2n) is 5.90. The summed E-state index contributed by atoms with van der Waals surface area (Å²) >= 11 is 3.28. The van der Waals surface area contributed by atoms with Gasteiger partial charge in [-0.05, 0) is 22.9 Å². The third kappa shape index (κ3) is 4.00. The first-order valence-electron chi connectivity index (χ1n) is 8.22. The van der Waals surface area contributed by atoms with Crippen LogP contribution in [0.2, 0.25) is 0 Å². The number of rotatable bonds is 6. The van der Waals surface area contributed by atoms with Crippen LogP contribution in [-0.2, 0) is 12.3 Å². The van der Waals surface area contributed by atoms with E-state index in [4.69, 9.17) is 4.98 Å². The van der Waals surface area contributed by atoms with E-state index in [2.05, 4.69) is 64.2 Å². The Morgan fingerprint density at radius 3 is 2.65 bits per heavy atom. The van der Waals surface area contributed by atoms with Crippen molar-refractivity contribution in [3.8, 4) is 10.6 Å². The van der Waals surface area contributed by atoms with Gasteiger partial charge in [-0.1, -0.05) is 71.9 Å². The molecule has 0 saturated carbocycles. The van der Waals surface area contributed by atoms with Gasteiger partial charge in [0.1, 0.15) is 5.01 Å². The second-order valence-corrected chi connectivity index (χ2v) is 7.70. The van der Waals surface area contributed by atoms with Gasteiger partial charge in [-0.2, -0.15) is 0 Å². The Morgan fingerprint density at radius 2 is 1.85 bits per heavy atom. The SMILES string of the molecule is Cc1ccc(-c2nc(CSc3nnnn3Cc3ccccc3)cs2)cc1. The summed E-state index contributed by atoms with van der Waals surface area (Å²) in [5.74, 6) is 0.748. The highest BCUT2D eigenvalue weighted by Gasteiger charge is 2.10. The van der Waals surface area contributed by atoms with Crippen molar-refractivity contribution in [2.75, 3.05) is 0 Å². The number of nitrogens with zero attached hydrogens (tertiary/aromatic N) is 5. The Morgan fingerprint density at radius 1 is 1.04 bits per heavy atom. The van der Waals surface area contributed by atoms with Gasteiger partial charge in [0, 0.05) is 16.7 Å². The van der Waals surface area contributed by atoms with Gasteiger partial charge in [0.15, 0.2) is 0 Å². The van der Waals surface area contributed by atoms with E-state index >= 15 is 0 Å². The maximum atomic E-state index is 4.74. The molecule has 0 fully saturated rings. The zero-order valence-electron chi connectivity index (χ0n) is 14.2. The Hall–Kier alpha value is -2.51. The van der Waals surface area contributed by atoms with E-state index in [9.17, 15) is 0 Å². The first-order valence-corrected chi connectivity index (χ1v) is 10.1. The van der Waals surface area contributed by atoms with Crippen molar-refractivity contribution in [2.45, 2.75) is 24.4 Å². The van der Waals surface area contributed by atoms with Crippen LogP contribution >= 0.6 is 23.1 Å². The average Bonchev–Trinajstić information content (AvgIpc) is 3.31. The van der Waals surface area contributed by atoms with Crippen LogP contribution in [-0.4, -0.2) is 25.2 Å². The zero-order chi connectivity index (χ0) is 17.8. The molecule has 0 aliphatic heterocycles. The third-order valence-corrected chi connectivity index (χ3v) is 5.80. The van der Waals surface area contributed by atoms with Gasteiger partial charge in [0.05, 0.1) is 12.2 Å². The van der Waals surface area contributed by atoms with Crippen LogP contribution in [0.5, 0.6) is 0 Å². The highest BCUT2D eigenvalue weighted by atomic mass is 32.2. The number of thioether (sulfide) groups is 1. The molecule has 0 N–H and O–H groups in total. The molecule has 0 bridgehead atoms. The Bertz CT molecular complexity index is 977. The molecular weight excluding hydrogens is 362 g/mol. The molecule has 0 radical (unpaired) electrons. The van der Waals surface area contributed by atoms with Crippen molar-refractivity contribution in [2.24, 2.45) is 0 Å². The minimum Gasteiger partial charge on any atom is -0.240 e. The van der Waals surface area contributed by atoms with Gasteiger partial charge in [0.2, 0.25) is 5.16 Å². The van der Waals surface area contributed by atoms with E-state index in [1.54, 1.807) is 23.1 Å². The van der Waals surface area contributed by atoms with Gasteiger partial charge in [-0.25, -0.2) is 9.67 Å². The summed E-state index contributed by atoms with van der Waals surface area (Å²) in [7, 11) is 0. The lowest BCUT2D eigenvalue weighted by Gasteiger charge is -2.03. The lowest BCUT2D eigenvalue weighted by molar-refractivity contribution is 0.603. The van der Waals surface area contributed by atoms with E-state index in [-0.39, 0.29) is 0 Å². The lowest BCUT2D eigenvalue weighted by atomic mass is 10.2. The van der Waals surface area contributed by atoms with Gasteiger partial charge in [-0.3, -0.25) is 0 Å².